The van der Waals surface area contributed by atoms with E-state index in [0.717, 1.165) is 19.4 Å². The molecule has 72 valence electrons. The molecular formula is C9H14N2O2. The van der Waals surface area contributed by atoms with E-state index in [1.165, 1.54) is 0 Å². The summed E-state index contributed by atoms with van der Waals surface area (Å²) in [6, 6.07) is 0.308. The van der Waals surface area contributed by atoms with Crippen molar-refractivity contribution in [2.75, 3.05) is 6.61 Å². The Bertz CT molecular complexity index is 328. The van der Waals surface area contributed by atoms with Crippen molar-refractivity contribution in [1.29, 1.82) is 0 Å². The lowest BCUT2D eigenvalue weighted by Gasteiger charge is -2.27. The minimum Gasteiger partial charge on any atom is -0.378 e. The van der Waals surface area contributed by atoms with Crippen LogP contribution in [0.25, 0.3) is 0 Å². The maximum Gasteiger partial charge on any atom is 0.325 e. The molecule has 2 heterocycles. The second-order valence-electron chi connectivity index (χ2n) is 3.53. The molecule has 0 amide bonds. The maximum atomic E-state index is 11.3. The van der Waals surface area contributed by atoms with Crippen LogP contribution >= 0.6 is 0 Å². The number of aromatic nitrogens is 2. The highest BCUT2D eigenvalue weighted by Crippen LogP contribution is 2.22. The third kappa shape index (κ3) is 1.67. The van der Waals surface area contributed by atoms with Gasteiger partial charge in [0.25, 0.3) is 0 Å². The van der Waals surface area contributed by atoms with E-state index in [9.17, 15) is 4.79 Å². The number of nitrogens with zero attached hydrogens (tertiary/aromatic N) is 1. The minimum atomic E-state index is -0.0147. The first-order chi connectivity index (χ1) is 6.27. The van der Waals surface area contributed by atoms with Gasteiger partial charge in [0.2, 0.25) is 0 Å². The summed E-state index contributed by atoms with van der Waals surface area (Å²) in [6.07, 6.45) is 5.62. The van der Waals surface area contributed by atoms with Crippen LogP contribution in [0.4, 0.5) is 0 Å². The summed E-state index contributed by atoms with van der Waals surface area (Å²) >= 11 is 0. The van der Waals surface area contributed by atoms with Gasteiger partial charge in [-0.3, -0.25) is 4.57 Å². The van der Waals surface area contributed by atoms with Crippen LogP contribution in [-0.2, 0) is 4.74 Å². The van der Waals surface area contributed by atoms with Crippen LogP contribution in [0.1, 0.15) is 25.8 Å². The van der Waals surface area contributed by atoms with Crippen molar-refractivity contribution >= 4 is 0 Å². The van der Waals surface area contributed by atoms with Gasteiger partial charge in [-0.2, -0.15) is 0 Å². The molecule has 0 spiro atoms. The topological polar surface area (TPSA) is 47.0 Å². The SMILES string of the molecule is CC1CC(n2cc[nH]c2=O)CCO1. The number of H-pyrrole nitrogens is 1. The van der Waals surface area contributed by atoms with E-state index in [1.54, 1.807) is 10.8 Å². The second kappa shape index (κ2) is 3.38. The largest absolute Gasteiger partial charge is 0.378 e. The van der Waals surface area contributed by atoms with E-state index in [1.807, 2.05) is 13.1 Å². The molecule has 2 atom stereocenters. The lowest BCUT2D eigenvalue weighted by atomic mass is 10.0. The number of imidazole rings is 1. The average Bonchev–Trinajstić information content (AvgIpc) is 2.51. The number of aromatic amines is 1. The summed E-state index contributed by atoms with van der Waals surface area (Å²) in [7, 11) is 0. The van der Waals surface area contributed by atoms with Gasteiger partial charge in [0.05, 0.1) is 6.10 Å². The van der Waals surface area contributed by atoms with Crippen molar-refractivity contribution in [3.05, 3.63) is 22.9 Å². The first kappa shape index (κ1) is 8.56. The smallest absolute Gasteiger partial charge is 0.325 e. The van der Waals surface area contributed by atoms with Gasteiger partial charge >= 0.3 is 5.69 Å². The van der Waals surface area contributed by atoms with E-state index in [-0.39, 0.29) is 11.8 Å². The van der Waals surface area contributed by atoms with Crippen molar-refractivity contribution < 1.29 is 4.74 Å². The second-order valence-corrected chi connectivity index (χ2v) is 3.53. The third-order valence-electron chi connectivity index (χ3n) is 2.53. The van der Waals surface area contributed by atoms with Gasteiger partial charge in [0.15, 0.2) is 0 Å². The molecule has 0 saturated carbocycles. The van der Waals surface area contributed by atoms with Crippen LogP contribution in [0.5, 0.6) is 0 Å². The molecule has 0 radical (unpaired) electrons. The summed E-state index contributed by atoms with van der Waals surface area (Å²) < 4.78 is 7.18. The average molecular weight is 182 g/mol. The maximum absolute atomic E-state index is 11.3. The van der Waals surface area contributed by atoms with Gasteiger partial charge in [-0.05, 0) is 19.8 Å². The lowest BCUT2D eigenvalue weighted by molar-refractivity contribution is 0.00535. The van der Waals surface area contributed by atoms with E-state index < -0.39 is 0 Å². The highest BCUT2D eigenvalue weighted by molar-refractivity contribution is 4.84. The van der Waals surface area contributed by atoms with Crippen LogP contribution in [0.15, 0.2) is 17.2 Å². The quantitative estimate of drug-likeness (QED) is 0.702. The monoisotopic (exact) mass is 182 g/mol. The standard InChI is InChI=1S/C9H14N2O2/c1-7-6-8(2-5-13-7)11-4-3-10-9(11)12/h3-4,7-8H,2,5-6H2,1H3,(H,10,12). The molecule has 2 unspecified atom stereocenters. The van der Waals surface area contributed by atoms with Crippen LogP contribution in [-0.4, -0.2) is 22.3 Å². The minimum absolute atomic E-state index is 0.0147. The molecule has 1 aliphatic rings. The third-order valence-corrected chi connectivity index (χ3v) is 2.53. The number of nitrogens with one attached hydrogen (secondary N) is 1. The van der Waals surface area contributed by atoms with Gasteiger partial charge in [0, 0.05) is 25.0 Å². The molecule has 1 fully saturated rings. The zero-order chi connectivity index (χ0) is 9.26. The Morgan fingerprint density at radius 3 is 3.15 bits per heavy atom. The summed E-state index contributed by atoms with van der Waals surface area (Å²) in [4.78, 5) is 13.9. The fraction of sp³-hybridized carbons (Fsp3) is 0.667. The normalized spacial score (nSPS) is 29.0. The van der Waals surface area contributed by atoms with Crippen LogP contribution < -0.4 is 5.69 Å². The van der Waals surface area contributed by atoms with Crippen molar-refractivity contribution in [3.63, 3.8) is 0 Å². The van der Waals surface area contributed by atoms with Crippen molar-refractivity contribution in [1.82, 2.24) is 9.55 Å². The van der Waals surface area contributed by atoms with Crippen LogP contribution in [0, 0.1) is 0 Å². The lowest BCUT2D eigenvalue weighted by Crippen LogP contribution is -2.30. The van der Waals surface area contributed by atoms with Crippen molar-refractivity contribution in [2.45, 2.75) is 31.9 Å². The molecular weight excluding hydrogens is 168 g/mol. The molecule has 0 bridgehead atoms. The molecule has 2 rings (SSSR count). The summed E-state index contributed by atoms with van der Waals surface area (Å²) in [5, 5.41) is 0. The van der Waals surface area contributed by atoms with Gasteiger partial charge in [-0.15, -0.1) is 0 Å². The molecule has 0 aliphatic carbocycles. The van der Waals surface area contributed by atoms with Crippen molar-refractivity contribution in [2.24, 2.45) is 0 Å². The molecule has 13 heavy (non-hydrogen) atoms. The molecule has 1 aromatic heterocycles. The molecule has 4 nitrogen and oxygen atoms in total. The van der Waals surface area contributed by atoms with E-state index in [4.69, 9.17) is 4.74 Å². The van der Waals surface area contributed by atoms with Gasteiger partial charge in [-0.25, -0.2) is 4.79 Å². The first-order valence-corrected chi connectivity index (χ1v) is 4.64. The van der Waals surface area contributed by atoms with E-state index >= 15 is 0 Å². The Morgan fingerprint density at radius 1 is 1.69 bits per heavy atom. The highest BCUT2D eigenvalue weighted by Gasteiger charge is 2.21. The van der Waals surface area contributed by atoms with E-state index in [2.05, 4.69) is 4.98 Å². The number of ether oxygens (including phenoxy) is 1. The fourth-order valence-electron chi connectivity index (χ4n) is 1.85. The zero-order valence-corrected chi connectivity index (χ0v) is 7.69. The Balaban J connectivity index is 2.17. The van der Waals surface area contributed by atoms with Gasteiger partial charge < -0.3 is 9.72 Å². The first-order valence-electron chi connectivity index (χ1n) is 4.64. The predicted octanol–water partition coefficient (Wildman–Crippen LogP) is 0.916. The number of hydrogen-bond acceptors (Lipinski definition) is 2. The Kier molecular flexibility index (Phi) is 2.22. The number of hydrogen-bond donors (Lipinski definition) is 1. The molecule has 0 aromatic carbocycles. The zero-order valence-electron chi connectivity index (χ0n) is 7.69. The van der Waals surface area contributed by atoms with Gasteiger partial charge in [-0.1, -0.05) is 0 Å². The molecule has 1 aliphatic heterocycles. The predicted molar refractivity (Wildman–Crippen MR) is 48.7 cm³/mol. The highest BCUT2D eigenvalue weighted by atomic mass is 16.5. The van der Waals surface area contributed by atoms with Crippen LogP contribution in [0.2, 0.25) is 0 Å². The molecule has 1 aromatic rings. The van der Waals surface area contributed by atoms with Gasteiger partial charge in [0.1, 0.15) is 0 Å². The summed E-state index contributed by atoms with van der Waals surface area (Å²) in [5.74, 6) is 0. The summed E-state index contributed by atoms with van der Waals surface area (Å²) in [6.45, 7) is 2.80. The molecule has 1 saturated heterocycles. The fourth-order valence-corrected chi connectivity index (χ4v) is 1.85. The van der Waals surface area contributed by atoms with E-state index in [0.29, 0.717) is 6.04 Å². The molecule has 4 heteroatoms. The number of rotatable bonds is 1. The van der Waals surface area contributed by atoms with Crippen LogP contribution in [0.3, 0.4) is 0 Å². The Morgan fingerprint density at radius 2 is 2.54 bits per heavy atom. The Labute approximate surface area is 76.5 Å². The van der Waals surface area contributed by atoms with Crippen molar-refractivity contribution in [3.8, 4) is 0 Å². The Hall–Kier alpha value is -1.03. The summed E-state index contributed by atoms with van der Waals surface area (Å²) in [5.41, 5.74) is -0.0147. The molecule has 1 N–H and O–H groups in total.